The number of hydrogen-bond acceptors (Lipinski definition) is 10. The smallest absolute Gasteiger partial charge is 0.338 e. The van der Waals surface area contributed by atoms with Gasteiger partial charge in [-0.1, -0.05) is 61.8 Å². The van der Waals surface area contributed by atoms with Crippen LogP contribution in [0, 0.1) is 0 Å². The van der Waals surface area contributed by atoms with Gasteiger partial charge < -0.3 is 9.47 Å². The van der Waals surface area contributed by atoms with E-state index in [1.54, 1.807) is 48.5 Å². The quantitative estimate of drug-likeness (QED) is 0.225. The third-order valence-corrected chi connectivity index (χ3v) is 8.22. The van der Waals surface area contributed by atoms with E-state index in [4.69, 9.17) is 33.9 Å². The molecular formula is C26H22N2O6S4. The second-order valence-electron chi connectivity index (χ2n) is 8.04. The number of hydrogen-bond donors (Lipinski definition) is 0. The van der Waals surface area contributed by atoms with Crippen LogP contribution < -0.4 is 9.80 Å². The van der Waals surface area contributed by atoms with E-state index in [1.165, 1.54) is 9.80 Å². The number of benzene rings is 2. The Hall–Kier alpha value is -3.06. The van der Waals surface area contributed by atoms with Crippen molar-refractivity contribution in [3.8, 4) is 0 Å². The van der Waals surface area contributed by atoms with E-state index in [0.717, 1.165) is 23.5 Å². The summed E-state index contributed by atoms with van der Waals surface area (Å²) in [5.74, 6) is -1.79. The molecule has 2 saturated heterocycles. The van der Waals surface area contributed by atoms with Gasteiger partial charge in [-0.2, -0.15) is 0 Å². The van der Waals surface area contributed by atoms with E-state index in [9.17, 15) is 19.2 Å². The Kier molecular flexibility index (Phi) is 8.98. The molecule has 4 rings (SSSR count). The fraction of sp³-hybridized carbons (Fsp3) is 0.231. The van der Waals surface area contributed by atoms with Gasteiger partial charge in [-0.15, -0.1) is 0 Å². The van der Waals surface area contributed by atoms with Gasteiger partial charge in [0.25, 0.3) is 11.8 Å². The molecule has 0 bridgehead atoms. The van der Waals surface area contributed by atoms with Gasteiger partial charge in [0.15, 0.2) is 8.64 Å². The topological polar surface area (TPSA) is 93.2 Å². The third kappa shape index (κ3) is 5.68. The molecule has 0 atom stereocenters. The first kappa shape index (κ1) is 28.0. The molecule has 196 valence electrons. The molecular weight excluding hydrogens is 565 g/mol. The van der Waals surface area contributed by atoms with Gasteiger partial charge in [0.1, 0.15) is 0 Å². The summed E-state index contributed by atoms with van der Waals surface area (Å²) < 4.78 is 10.8. The zero-order valence-electron chi connectivity index (χ0n) is 20.4. The second-order valence-corrected chi connectivity index (χ2v) is 11.3. The molecule has 0 aliphatic carbocycles. The van der Waals surface area contributed by atoms with E-state index in [0.29, 0.717) is 48.6 Å². The van der Waals surface area contributed by atoms with Gasteiger partial charge in [0.2, 0.25) is 0 Å². The maximum absolute atomic E-state index is 13.4. The van der Waals surface area contributed by atoms with Crippen molar-refractivity contribution < 1.29 is 28.7 Å². The molecule has 0 N–H and O–H groups in total. The third-order valence-electron chi connectivity index (χ3n) is 5.34. The van der Waals surface area contributed by atoms with E-state index < -0.39 is 23.8 Å². The Morgan fingerprint density at radius 1 is 0.684 bits per heavy atom. The number of carbonyl (C=O) groups excluding carboxylic acids is 4. The van der Waals surface area contributed by atoms with Crippen LogP contribution in [0.4, 0.5) is 11.4 Å². The number of ether oxygens (including phenoxy) is 2. The number of esters is 2. The molecule has 2 aliphatic heterocycles. The molecule has 2 aromatic carbocycles. The first-order chi connectivity index (χ1) is 18.3. The first-order valence-corrected chi connectivity index (χ1v) is 14.1. The van der Waals surface area contributed by atoms with Gasteiger partial charge >= 0.3 is 11.9 Å². The summed E-state index contributed by atoms with van der Waals surface area (Å²) in [6.07, 6.45) is 1.43. The van der Waals surface area contributed by atoms with Crippen molar-refractivity contribution in [3.05, 3.63) is 69.5 Å². The Labute approximate surface area is 238 Å². The van der Waals surface area contributed by atoms with Crippen molar-refractivity contribution in [1.29, 1.82) is 0 Å². The monoisotopic (exact) mass is 586 g/mol. The van der Waals surface area contributed by atoms with Crippen LogP contribution in [0.3, 0.4) is 0 Å². The fourth-order valence-electron chi connectivity index (χ4n) is 3.50. The maximum atomic E-state index is 13.4. The Morgan fingerprint density at radius 2 is 1.03 bits per heavy atom. The predicted molar refractivity (Wildman–Crippen MR) is 156 cm³/mol. The van der Waals surface area contributed by atoms with Gasteiger partial charge in [-0.05, 0) is 61.4 Å². The zero-order chi connectivity index (χ0) is 27.4. The standard InChI is InChI=1S/C26H22N2O6S4/c1-3-13-33-23(31)15-5-9-17(10-6-15)27-21(29)19(37-25(27)35)20-22(30)28(26(36)38-20)18-11-7-16(8-12-18)24(32)34-14-4-2/h5-12H,3-4,13-14H2,1-2H3/b20-19+. The van der Waals surface area contributed by atoms with Crippen molar-refractivity contribution in [2.75, 3.05) is 23.0 Å². The lowest BCUT2D eigenvalue weighted by molar-refractivity contribution is -0.115. The van der Waals surface area contributed by atoms with Gasteiger partial charge in [-0.3, -0.25) is 19.4 Å². The first-order valence-electron chi connectivity index (χ1n) is 11.7. The number of anilines is 2. The molecule has 12 heteroatoms. The largest absolute Gasteiger partial charge is 0.462 e. The second kappa shape index (κ2) is 12.2. The van der Waals surface area contributed by atoms with Crippen molar-refractivity contribution in [1.82, 2.24) is 0 Å². The number of rotatable bonds is 8. The highest BCUT2D eigenvalue weighted by molar-refractivity contribution is 8.30. The van der Waals surface area contributed by atoms with Crippen molar-refractivity contribution in [3.63, 3.8) is 0 Å². The predicted octanol–water partition coefficient (Wildman–Crippen LogP) is 5.46. The Balaban J connectivity index is 1.53. The number of thioether (sulfide) groups is 2. The molecule has 0 saturated carbocycles. The summed E-state index contributed by atoms with van der Waals surface area (Å²) >= 11 is 12.9. The molecule has 0 spiro atoms. The number of nitrogens with zero attached hydrogens (tertiary/aromatic N) is 2. The van der Waals surface area contributed by atoms with Crippen molar-refractivity contribution in [2.45, 2.75) is 26.7 Å². The average molecular weight is 587 g/mol. The van der Waals surface area contributed by atoms with Crippen molar-refractivity contribution in [2.24, 2.45) is 0 Å². The summed E-state index contributed by atoms with van der Waals surface area (Å²) in [5.41, 5.74) is 1.66. The minimum Gasteiger partial charge on any atom is -0.462 e. The lowest BCUT2D eigenvalue weighted by Crippen LogP contribution is -2.29. The fourth-order valence-corrected chi connectivity index (χ4v) is 6.26. The normalized spacial score (nSPS) is 17.4. The summed E-state index contributed by atoms with van der Waals surface area (Å²) in [5, 5.41) is 0. The van der Waals surface area contributed by atoms with E-state index in [1.807, 2.05) is 13.8 Å². The summed E-state index contributed by atoms with van der Waals surface area (Å²) in [6, 6.07) is 12.7. The van der Waals surface area contributed by atoms with Crippen LogP contribution in [0.15, 0.2) is 58.3 Å². The Bertz CT molecular complexity index is 1250. The van der Waals surface area contributed by atoms with E-state index in [-0.39, 0.29) is 18.5 Å². The van der Waals surface area contributed by atoms with Crippen LogP contribution in [0.2, 0.25) is 0 Å². The highest BCUT2D eigenvalue weighted by Gasteiger charge is 2.43. The molecule has 2 amide bonds. The molecule has 2 aromatic rings. The van der Waals surface area contributed by atoms with E-state index >= 15 is 0 Å². The number of thiocarbonyl (C=S) groups is 2. The summed E-state index contributed by atoms with van der Waals surface area (Å²) in [7, 11) is 0. The average Bonchev–Trinajstić information content (AvgIpc) is 3.38. The summed E-state index contributed by atoms with van der Waals surface area (Å²) in [4.78, 5) is 53.9. The van der Waals surface area contributed by atoms with Crippen LogP contribution in [0.25, 0.3) is 0 Å². The van der Waals surface area contributed by atoms with Gasteiger partial charge in [0.05, 0.1) is 45.5 Å². The lowest BCUT2D eigenvalue weighted by Gasteiger charge is -2.15. The molecule has 0 aromatic heterocycles. The molecule has 2 heterocycles. The SMILES string of the molecule is CCCOC(=O)c1ccc(N2C(=O)/C(=C3\SC(=S)N(c4ccc(C(=O)OCCC)cc4)C3=O)SC2=S)cc1. The number of amides is 2. The molecule has 2 aliphatic rings. The zero-order valence-corrected chi connectivity index (χ0v) is 23.7. The van der Waals surface area contributed by atoms with Crippen LogP contribution >= 0.6 is 48.0 Å². The molecule has 2 fully saturated rings. The number of carbonyl (C=O) groups is 4. The lowest BCUT2D eigenvalue weighted by atomic mass is 10.2. The molecule has 8 nitrogen and oxygen atoms in total. The molecule has 0 radical (unpaired) electrons. The van der Waals surface area contributed by atoms with Crippen LogP contribution in [-0.2, 0) is 19.1 Å². The van der Waals surface area contributed by atoms with Crippen molar-refractivity contribution >= 4 is 91.7 Å². The minimum atomic E-state index is -0.448. The highest BCUT2D eigenvalue weighted by atomic mass is 32.2. The van der Waals surface area contributed by atoms with Gasteiger partial charge in [-0.25, -0.2) is 9.59 Å². The van der Waals surface area contributed by atoms with Gasteiger partial charge in [0, 0.05) is 0 Å². The molecule has 0 unspecified atom stereocenters. The molecule has 38 heavy (non-hydrogen) atoms. The van der Waals surface area contributed by atoms with Crippen LogP contribution in [0.5, 0.6) is 0 Å². The van der Waals surface area contributed by atoms with E-state index in [2.05, 4.69) is 0 Å². The van der Waals surface area contributed by atoms with Crippen LogP contribution in [-0.4, -0.2) is 45.6 Å². The Morgan fingerprint density at radius 3 is 1.34 bits per heavy atom. The highest BCUT2D eigenvalue weighted by Crippen LogP contribution is 2.44. The minimum absolute atomic E-state index is 0.182. The maximum Gasteiger partial charge on any atom is 0.338 e. The van der Waals surface area contributed by atoms with Crippen LogP contribution in [0.1, 0.15) is 47.4 Å². The summed E-state index contributed by atoms with van der Waals surface area (Å²) in [6.45, 7) is 4.45.